The molecule has 2 aliphatic rings. The minimum atomic E-state index is -0.989. The van der Waals surface area contributed by atoms with E-state index >= 15 is 0 Å². The van der Waals surface area contributed by atoms with Gasteiger partial charge in [0.15, 0.2) is 12.1 Å². The number of hydrogen-bond acceptors (Lipinski definition) is 7. The van der Waals surface area contributed by atoms with E-state index in [1.54, 1.807) is 42.5 Å². The van der Waals surface area contributed by atoms with Crippen molar-refractivity contribution < 1.29 is 19.1 Å². The predicted molar refractivity (Wildman–Crippen MR) is 110 cm³/mol. The fourth-order valence-corrected chi connectivity index (χ4v) is 3.67. The fraction of sp³-hybridized carbons (Fsp3) is 0.211. The molecule has 4 rings (SSSR count). The van der Waals surface area contributed by atoms with Crippen LogP contribution in [-0.2, 0) is 14.4 Å². The lowest BCUT2D eigenvalue weighted by Gasteiger charge is -2.20. The molecule has 1 N–H and O–H groups in total. The lowest BCUT2D eigenvalue weighted by molar-refractivity contribution is -0.123. The van der Waals surface area contributed by atoms with E-state index in [1.807, 2.05) is 0 Å². The zero-order chi connectivity index (χ0) is 21.4. The van der Waals surface area contributed by atoms with Crippen molar-refractivity contribution in [2.24, 2.45) is 10.3 Å². The number of methoxy groups -OCH3 is 1. The van der Waals surface area contributed by atoms with Crippen LogP contribution in [0.3, 0.4) is 0 Å². The molecule has 2 aromatic carbocycles. The average molecular weight is 448 g/mol. The van der Waals surface area contributed by atoms with Crippen LogP contribution in [0.4, 0.5) is 11.4 Å². The molecule has 2 atom stereocenters. The summed E-state index contributed by atoms with van der Waals surface area (Å²) in [4.78, 5) is 39.0. The summed E-state index contributed by atoms with van der Waals surface area (Å²) in [6.07, 6.45) is 0. The van der Waals surface area contributed by atoms with Crippen molar-refractivity contribution in [1.82, 2.24) is 5.01 Å². The van der Waals surface area contributed by atoms with Gasteiger partial charge < -0.3 is 10.1 Å². The van der Waals surface area contributed by atoms with Crippen LogP contribution >= 0.6 is 23.2 Å². The third-order valence-corrected chi connectivity index (χ3v) is 5.23. The number of ether oxygens (including phenoxy) is 1. The number of fused-ring (bicyclic) bond motifs is 1. The standard InChI is InChI=1S/C19H15Cl2N5O4/c1-30-14-7-4-11(8-13(14)21)22-15(27)9-25-17-16(23-24-25)18(28)26(19(17)29)12-5-2-10(20)3-6-12/h2-8,16-17H,9H2,1H3,(H,22,27)/t16-,17-/m1/s1. The number of carbonyl (C=O) groups is 3. The normalized spacial score (nSPS) is 20.0. The van der Waals surface area contributed by atoms with Crippen molar-refractivity contribution in [2.75, 3.05) is 23.9 Å². The number of anilines is 2. The van der Waals surface area contributed by atoms with E-state index in [1.165, 1.54) is 12.1 Å². The van der Waals surface area contributed by atoms with E-state index in [0.717, 1.165) is 4.90 Å². The van der Waals surface area contributed by atoms with Crippen LogP contribution in [0.2, 0.25) is 10.0 Å². The Morgan fingerprint density at radius 3 is 2.53 bits per heavy atom. The molecule has 1 fully saturated rings. The lowest BCUT2D eigenvalue weighted by atomic mass is 10.1. The lowest BCUT2D eigenvalue weighted by Crippen LogP contribution is -2.43. The van der Waals surface area contributed by atoms with Crippen molar-refractivity contribution in [2.45, 2.75) is 12.1 Å². The smallest absolute Gasteiger partial charge is 0.263 e. The molecule has 0 unspecified atom stereocenters. The summed E-state index contributed by atoms with van der Waals surface area (Å²) in [5.74, 6) is -0.970. The SMILES string of the molecule is COc1ccc(NC(=O)CN2N=N[C@H]3C(=O)N(c4ccc(Cl)cc4)C(=O)[C@@H]32)cc1Cl. The Kier molecular flexibility index (Phi) is 5.31. The number of carbonyl (C=O) groups excluding carboxylic acids is 3. The highest BCUT2D eigenvalue weighted by molar-refractivity contribution is 6.32. The van der Waals surface area contributed by atoms with Gasteiger partial charge in [0.25, 0.3) is 11.8 Å². The molecule has 2 aliphatic heterocycles. The highest BCUT2D eigenvalue weighted by Gasteiger charge is 2.55. The Morgan fingerprint density at radius 1 is 1.13 bits per heavy atom. The van der Waals surface area contributed by atoms with Gasteiger partial charge in [0.1, 0.15) is 12.3 Å². The molecule has 2 aromatic rings. The second kappa shape index (κ2) is 7.92. The van der Waals surface area contributed by atoms with Crippen LogP contribution < -0.4 is 15.0 Å². The monoisotopic (exact) mass is 447 g/mol. The highest BCUT2D eigenvalue weighted by atomic mass is 35.5. The summed E-state index contributed by atoms with van der Waals surface area (Å²) >= 11 is 11.9. The predicted octanol–water partition coefficient (Wildman–Crippen LogP) is 2.93. The van der Waals surface area contributed by atoms with Gasteiger partial charge in [-0.05, 0) is 42.5 Å². The second-order valence-electron chi connectivity index (χ2n) is 6.58. The van der Waals surface area contributed by atoms with Crippen molar-refractivity contribution in [3.63, 3.8) is 0 Å². The van der Waals surface area contributed by atoms with Gasteiger partial charge in [-0.25, -0.2) is 4.90 Å². The first-order chi connectivity index (χ1) is 14.4. The van der Waals surface area contributed by atoms with E-state index < -0.39 is 29.8 Å². The van der Waals surface area contributed by atoms with Crippen LogP contribution in [-0.4, -0.2) is 48.5 Å². The number of amides is 3. The maximum Gasteiger partial charge on any atom is 0.263 e. The maximum absolute atomic E-state index is 12.9. The molecule has 11 heteroatoms. The van der Waals surface area contributed by atoms with Gasteiger partial charge in [-0.1, -0.05) is 28.4 Å². The van der Waals surface area contributed by atoms with Gasteiger partial charge in [0, 0.05) is 10.7 Å². The molecule has 0 spiro atoms. The van der Waals surface area contributed by atoms with Crippen LogP contribution in [0.15, 0.2) is 52.8 Å². The van der Waals surface area contributed by atoms with Crippen molar-refractivity contribution in [3.05, 3.63) is 52.5 Å². The highest BCUT2D eigenvalue weighted by Crippen LogP contribution is 2.32. The molecule has 0 bridgehead atoms. The quantitative estimate of drug-likeness (QED) is 0.709. The van der Waals surface area contributed by atoms with Gasteiger partial charge in [-0.2, -0.15) is 5.11 Å². The molecule has 154 valence electrons. The van der Waals surface area contributed by atoms with Crippen LogP contribution in [0.1, 0.15) is 0 Å². The molecular weight excluding hydrogens is 433 g/mol. The summed E-state index contributed by atoms with van der Waals surface area (Å²) in [5.41, 5.74) is 0.839. The van der Waals surface area contributed by atoms with Crippen LogP contribution in [0.5, 0.6) is 5.75 Å². The zero-order valence-corrected chi connectivity index (χ0v) is 17.1. The Labute approximate surface area is 181 Å². The van der Waals surface area contributed by atoms with Gasteiger partial charge in [0.05, 0.1) is 17.8 Å². The summed E-state index contributed by atoms with van der Waals surface area (Å²) in [7, 11) is 1.49. The number of nitrogens with one attached hydrogen (secondary N) is 1. The van der Waals surface area contributed by atoms with Crippen molar-refractivity contribution in [1.29, 1.82) is 0 Å². The Balaban J connectivity index is 1.46. The summed E-state index contributed by atoms with van der Waals surface area (Å²) < 4.78 is 5.07. The second-order valence-corrected chi connectivity index (χ2v) is 7.42. The Hall–Kier alpha value is -3.17. The summed E-state index contributed by atoms with van der Waals surface area (Å²) in [5, 5.41) is 12.4. The molecule has 30 heavy (non-hydrogen) atoms. The molecule has 0 radical (unpaired) electrons. The number of halogens is 2. The number of hydrogen-bond donors (Lipinski definition) is 1. The first-order valence-corrected chi connectivity index (χ1v) is 9.59. The first-order valence-electron chi connectivity index (χ1n) is 8.83. The van der Waals surface area contributed by atoms with Crippen LogP contribution in [0.25, 0.3) is 0 Å². The molecule has 0 aromatic heterocycles. The molecular formula is C19H15Cl2N5O4. The third-order valence-electron chi connectivity index (χ3n) is 4.68. The molecule has 0 aliphatic carbocycles. The topological polar surface area (TPSA) is 104 Å². The van der Waals surface area contributed by atoms with Crippen molar-refractivity contribution >= 4 is 52.3 Å². The Morgan fingerprint density at radius 2 is 1.87 bits per heavy atom. The van der Waals surface area contributed by atoms with Crippen LogP contribution in [0, 0.1) is 0 Å². The van der Waals surface area contributed by atoms with Crippen molar-refractivity contribution in [3.8, 4) is 5.75 Å². The molecule has 0 saturated carbocycles. The Bertz CT molecular complexity index is 1060. The van der Waals surface area contributed by atoms with Gasteiger partial charge >= 0.3 is 0 Å². The molecule has 3 amide bonds. The summed E-state index contributed by atoms with van der Waals surface area (Å²) in [6, 6.07) is 9.13. The van der Waals surface area contributed by atoms with Gasteiger partial charge in [-0.3, -0.25) is 19.4 Å². The van der Waals surface area contributed by atoms with E-state index in [9.17, 15) is 14.4 Å². The minimum absolute atomic E-state index is 0.262. The number of imide groups is 1. The number of benzene rings is 2. The van der Waals surface area contributed by atoms with E-state index in [2.05, 4.69) is 15.7 Å². The largest absolute Gasteiger partial charge is 0.495 e. The number of rotatable bonds is 5. The maximum atomic E-state index is 12.9. The van der Waals surface area contributed by atoms with E-state index in [0.29, 0.717) is 27.2 Å². The zero-order valence-electron chi connectivity index (χ0n) is 15.6. The van der Waals surface area contributed by atoms with E-state index in [4.69, 9.17) is 27.9 Å². The molecule has 1 saturated heterocycles. The molecule has 9 nitrogen and oxygen atoms in total. The van der Waals surface area contributed by atoms with Gasteiger partial charge in [0.2, 0.25) is 5.91 Å². The first kappa shape index (κ1) is 20.1. The van der Waals surface area contributed by atoms with Gasteiger partial charge in [-0.15, -0.1) is 0 Å². The van der Waals surface area contributed by atoms with E-state index in [-0.39, 0.29) is 6.54 Å². The molecule has 2 heterocycles. The number of nitrogens with zero attached hydrogens (tertiary/aromatic N) is 4. The minimum Gasteiger partial charge on any atom is -0.495 e. The fourth-order valence-electron chi connectivity index (χ4n) is 3.29. The average Bonchev–Trinajstić information content (AvgIpc) is 3.23. The summed E-state index contributed by atoms with van der Waals surface area (Å²) in [6.45, 7) is -0.262. The third kappa shape index (κ3) is 3.57.